The van der Waals surface area contributed by atoms with Crippen LogP contribution < -0.4 is 5.32 Å². The Labute approximate surface area is 134 Å². The molecule has 0 saturated carbocycles. The predicted octanol–water partition coefficient (Wildman–Crippen LogP) is 3.03. The molecular formula is C19H28N2O. The molecule has 1 fully saturated rings. The summed E-state index contributed by atoms with van der Waals surface area (Å²) < 4.78 is 0. The lowest BCUT2D eigenvalue weighted by molar-refractivity contribution is 0.0908. The van der Waals surface area contributed by atoms with E-state index in [4.69, 9.17) is 0 Å². The van der Waals surface area contributed by atoms with Gasteiger partial charge in [0.15, 0.2) is 0 Å². The van der Waals surface area contributed by atoms with Gasteiger partial charge in [-0.15, -0.1) is 0 Å². The molecule has 120 valence electrons. The highest BCUT2D eigenvalue weighted by molar-refractivity contribution is 5.96. The maximum atomic E-state index is 12.7. The van der Waals surface area contributed by atoms with E-state index in [9.17, 15) is 4.79 Å². The van der Waals surface area contributed by atoms with Crippen molar-refractivity contribution < 1.29 is 4.79 Å². The molecule has 1 saturated heterocycles. The first-order valence-corrected chi connectivity index (χ1v) is 8.75. The Kier molecular flexibility index (Phi) is 4.82. The van der Waals surface area contributed by atoms with E-state index >= 15 is 0 Å². The van der Waals surface area contributed by atoms with Gasteiger partial charge in [0.2, 0.25) is 0 Å². The molecule has 1 aromatic carbocycles. The molecule has 1 N–H and O–H groups in total. The van der Waals surface area contributed by atoms with Gasteiger partial charge in [-0.05, 0) is 88.7 Å². The minimum absolute atomic E-state index is 0.130. The zero-order valence-corrected chi connectivity index (χ0v) is 13.9. The van der Waals surface area contributed by atoms with Crippen LogP contribution in [-0.4, -0.2) is 37.0 Å². The number of nitrogens with zero attached hydrogens (tertiary/aromatic N) is 1. The second-order valence-electron chi connectivity index (χ2n) is 7.05. The van der Waals surface area contributed by atoms with Gasteiger partial charge in [0.05, 0.1) is 0 Å². The summed E-state index contributed by atoms with van der Waals surface area (Å²) in [6, 6.07) is 6.49. The van der Waals surface area contributed by atoms with Gasteiger partial charge in [-0.3, -0.25) is 4.79 Å². The number of rotatable bonds is 3. The average molecular weight is 300 g/mol. The van der Waals surface area contributed by atoms with Crippen LogP contribution in [-0.2, 0) is 12.8 Å². The Hall–Kier alpha value is -1.35. The Balaban J connectivity index is 1.67. The topological polar surface area (TPSA) is 32.3 Å². The molecule has 3 rings (SSSR count). The van der Waals surface area contributed by atoms with Crippen molar-refractivity contribution in [2.24, 2.45) is 5.92 Å². The highest BCUT2D eigenvalue weighted by Gasteiger charge is 2.25. The van der Waals surface area contributed by atoms with Crippen molar-refractivity contribution in [3.8, 4) is 0 Å². The number of hydrogen-bond donors (Lipinski definition) is 1. The first kappa shape index (κ1) is 15.5. The molecule has 1 atom stereocenters. The summed E-state index contributed by atoms with van der Waals surface area (Å²) in [5.74, 6) is 0.741. The summed E-state index contributed by atoms with van der Waals surface area (Å²) in [4.78, 5) is 15.1. The molecule has 1 aliphatic carbocycles. The quantitative estimate of drug-likeness (QED) is 0.930. The fourth-order valence-corrected chi connectivity index (χ4v) is 3.93. The molecule has 1 heterocycles. The number of fused-ring (bicyclic) bond motifs is 1. The summed E-state index contributed by atoms with van der Waals surface area (Å²) in [6.07, 6.45) is 7.02. The lowest BCUT2D eigenvalue weighted by Gasteiger charge is -2.33. The van der Waals surface area contributed by atoms with Crippen molar-refractivity contribution in [1.29, 1.82) is 0 Å². The largest absolute Gasteiger partial charge is 0.349 e. The van der Waals surface area contributed by atoms with Crippen LogP contribution >= 0.6 is 0 Å². The maximum absolute atomic E-state index is 12.7. The number of carbonyl (C=O) groups is 1. The third-order valence-electron chi connectivity index (χ3n) is 5.47. The van der Waals surface area contributed by atoms with E-state index < -0.39 is 0 Å². The van der Waals surface area contributed by atoms with Gasteiger partial charge in [-0.1, -0.05) is 12.1 Å². The summed E-state index contributed by atoms with van der Waals surface area (Å²) >= 11 is 0. The number of nitrogens with one attached hydrogen (secondary N) is 1. The summed E-state index contributed by atoms with van der Waals surface area (Å²) in [7, 11) is 2.18. The molecule has 2 aliphatic rings. The molecule has 1 amide bonds. The van der Waals surface area contributed by atoms with Crippen molar-refractivity contribution in [2.45, 2.75) is 51.5 Å². The molecule has 1 aromatic rings. The number of hydrogen-bond acceptors (Lipinski definition) is 2. The van der Waals surface area contributed by atoms with Crippen LogP contribution in [0.3, 0.4) is 0 Å². The van der Waals surface area contributed by atoms with Gasteiger partial charge in [-0.2, -0.15) is 0 Å². The molecule has 0 bridgehead atoms. The zero-order chi connectivity index (χ0) is 15.5. The van der Waals surface area contributed by atoms with E-state index in [0.29, 0.717) is 5.92 Å². The third kappa shape index (κ3) is 3.35. The van der Waals surface area contributed by atoms with Crippen LogP contribution in [0.4, 0.5) is 0 Å². The second-order valence-corrected chi connectivity index (χ2v) is 7.05. The highest BCUT2D eigenvalue weighted by atomic mass is 16.1. The Morgan fingerprint density at radius 1 is 1.23 bits per heavy atom. The zero-order valence-electron chi connectivity index (χ0n) is 13.9. The van der Waals surface area contributed by atoms with Crippen LogP contribution in [0.25, 0.3) is 0 Å². The van der Waals surface area contributed by atoms with Crippen molar-refractivity contribution in [1.82, 2.24) is 10.2 Å². The van der Waals surface area contributed by atoms with E-state index in [1.165, 1.54) is 36.8 Å². The highest BCUT2D eigenvalue weighted by Crippen LogP contribution is 2.25. The normalized spacial score (nSPS) is 21.2. The van der Waals surface area contributed by atoms with Crippen LogP contribution in [0.1, 0.15) is 54.1 Å². The Morgan fingerprint density at radius 2 is 1.95 bits per heavy atom. The molecule has 3 nitrogen and oxygen atoms in total. The fraction of sp³-hybridized carbons (Fsp3) is 0.632. The van der Waals surface area contributed by atoms with E-state index in [1.54, 1.807) is 0 Å². The minimum Gasteiger partial charge on any atom is -0.349 e. The molecule has 0 spiro atoms. The third-order valence-corrected chi connectivity index (χ3v) is 5.47. The smallest absolute Gasteiger partial charge is 0.251 e. The van der Waals surface area contributed by atoms with Gasteiger partial charge >= 0.3 is 0 Å². The number of aryl methyl sites for hydroxylation is 1. The van der Waals surface area contributed by atoms with Crippen LogP contribution in [0.2, 0.25) is 0 Å². The standard InChI is InChI=1S/C19H28N2O/c1-14(15-10-12-21(2)13-11-15)20-19(22)18-9-5-7-16-6-3-4-8-17(16)18/h5,7,9,14-15H,3-4,6,8,10-13H2,1-2H3,(H,20,22)/t14-/m1/s1. The molecular weight excluding hydrogens is 272 g/mol. The van der Waals surface area contributed by atoms with Crippen LogP contribution in [0.5, 0.6) is 0 Å². The van der Waals surface area contributed by atoms with Gasteiger partial charge in [0.1, 0.15) is 0 Å². The second kappa shape index (κ2) is 6.82. The van der Waals surface area contributed by atoms with Crippen molar-refractivity contribution in [3.05, 3.63) is 34.9 Å². The lowest BCUT2D eigenvalue weighted by atomic mass is 9.87. The van der Waals surface area contributed by atoms with Gasteiger partial charge < -0.3 is 10.2 Å². The number of carbonyl (C=O) groups excluding carboxylic acids is 1. The predicted molar refractivity (Wildman–Crippen MR) is 90.2 cm³/mol. The average Bonchev–Trinajstić information content (AvgIpc) is 2.54. The Morgan fingerprint density at radius 3 is 2.73 bits per heavy atom. The van der Waals surface area contributed by atoms with E-state index in [2.05, 4.69) is 30.3 Å². The summed E-state index contributed by atoms with van der Waals surface area (Å²) in [6.45, 7) is 4.46. The van der Waals surface area contributed by atoms with Gasteiger partial charge in [0.25, 0.3) is 5.91 Å². The Bertz CT molecular complexity index is 532. The van der Waals surface area contributed by atoms with E-state index in [1.807, 2.05) is 12.1 Å². The van der Waals surface area contributed by atoms with Crippen LogP contribution in [0.15, 0.2) is 18.2 Å². The maximum Gasteiger partial charge on any atom is 0.251 e. The van der Waals surface area contributed by atoms with E-state index in [-0.39, 0.29) is 11.9 Å². The molecule has 22 heavy (non-hydrogen) atoms. The number of amides is 1. The number of piperidine rings is 1. The summed E-state index contributed by atoms with van der Waals surface area (Å²) in [5.41, 5.74) is 3.59. The molecule has 0 unspecified atom stereocenters. The van der Waals surface area contributed by atoms with Gasteiger partial charge in [0, 0.05) is 11.6 Å². The number of likely N-dealkylation sites (tertiary alicyclic amines) is 1. The van der Waals surface area contributed by atoms with Crippen molar-refractivity contribution in [2.75, 3.05) is 20.1 Å². The fourth-order valence-electron chi connectivity index (χ4n) is 3.93. The number of benzene rings is 1. The first-order chi connectivity index (χ1) is 10.6. The lowest BCUT2D eigenvalue weighted by Crippen LogP contribution is -2.43. The van der Waals surface area contributed by atoms with Crippen molar-refractivity contribution >= 4 is 5.91 Å². The molecule has 0 radical (unpaired) electrons. The first-order valence-electron chi connectivity index (χ1n) is 8.75. The molecule has 3 heteroatoms. The van der Waals surface area contributed by atoms with E-state index in [0.717, 1.165) is 31.5 Å². The SMILES string of the molecule is C[C@@H](NC(=O)c1cccc2c1CCCC2)C1CCN(C)CC1. The molecule has 0 aromatic heterocycles. The van der Waals surface area contributed by atoms with Crippen LogP contribution in [0, 0.1) is 5.92 Å². The van der Waals surface area contributed by atoms with Gasteiger partial charge in [-0.25, -0.2) is 0 Å². The summed E-state index contributed by atoms with van der Waals surface area (Å²) in [5, 5.41) is 3.27. The minimum atomic E-state index is 0.130. The molecule has 1 aliphatic heterocycles. The monoisotopic (exact) mass is 300 g/mol. The van der Waals surface area contributed by atoms with Crippen molar-refractivity contribution in [3.63, 3.8) is 0 Å².